The van der Waals surface area contributed by atoms with Crippen molar-refractivity contribution >= 4 is 38.5 Å². The Bertz CT molecular complexity index is 351. The van der Waals surface area contributed by atoms with Crippen molar-refractivity contribution in [2.75, 3.05) is 0 Å². The fourth-order valence-corrected chi connectivity index (χ4v) is 5.43. The summed E-state index contributed by atoms with van der Waals surface area (Å²) in [5.41, 5.74) is 0. The van der Waals surface area contributed by atoms with Crippen LogP contribution in [-0.2, 0) is 0 Å². The van der Waals surface area contributed by atoms with E-state index < -0.39 is 6.29 Å². The minimum atomic E-state index is -0.949. The van der Waals surface area contributed by atoms with Crippen molar-refractivity contribution < 1.29 is 1.43 Å². The predicted molar refractivity (Wildman–Crippen MR) is 74.4 cm³/mol. The second kappa shape index (κ2) is 4.75. The van der Waals surface area contributed by atoms with E-state index >= 15 is 0 Å². The molecule has 2 rings (SSSR count). The van der Waals surface area contributed by atoms with Crippen LogP contribution in [-0.4, -0.2) is 6.29 Å². The van der Waals surface area contributed by atoms with Gasteiger partial charge in [-0.1, -0.05) is 60.7 Å². The van der Waals surface area contributed by atoms with Crippen LogP contribution in [0.1, 0.15) is 1.43 Å². The van der Waals surface area contributed by atoms with Crippen LogP contribution in [0, 0.1) is 0 Å². The summed E-state index contributed by atoms with van der Waals surface area (Å²) in [6, 6.07) is 21.6. The van der Waals surface area contributed by atoms with Gasteiger partial charge < -0.3 is 0 Å². The van der Waals surface area contributed by atoms with Crippen molar-refractivity contribution in [3.63, 3.8) is 0 Å². The molecule has 0 fully saturated rings. The minimum absolute atomic E-state index is 0. The van der Waals surface area contributed by atoms with E-state index in [1.807, 2.05) is 0 Å². The summed E-state index contributed by atoms with van der Waals surface area (Å²) in [5.74, 6) is 0. The first-order chi connectivity index (χ1) is 6.88. The predicted octanol–water partition coefficient (Wildman–Crippen LogP) is 2.07. The Morgan fingerprint density at radius 2 is 1.07 bits per heavy atom. The zero-order chi connectivity index (χ0) is 9.80. The highest BCUT2D eigenvalue weighted by molar-refractivity contribution is 14.1. The average molecular weight is 311 g/mol. The summed E-state index contributed by atoms with van der Waals surface area (Å²) in [6.45, 7) is 0. The Morgan fingerprint density at radius 1 is 0.714 bits per heavy atom. The molecule has 0 bridgehead atoms. The van der Waals surface area contributed by atoms with Crippen molar-refractivity contribution in [1.29, 1.82) is 0 Å². The first-order valence-electron chi connectivity index (χ1n) is 4.62. The standard InChI is InChI=1S/C12H11ISi/c13-14(11-7-3-1-4-8-11)12-9-5-2-6-10-12/h1-10,14H/p+1. The van der Waals surface area contributed by atoms with Crippen LogP contribution in [0.15, 0.2) is 60.7 Å². The SMILES string of the molecule is I[SiH](c1ccccc1)c1ccccc1.[H+]. The Hall–Kier alpha value is -0.613. The number of halogens is 1. The Morgan fingerprint density at radius 3 is 1.43 bits per heavy atom. The molecule has 0 atom stereocenters. The maximum Gasteiger partial charge on any atom is 1.00 e. The Labute approximate surface area is 100 Å². The average Bonchev–Trinajstić information content (AvgIpc) is 2.30. The molecule has 70 valence electrons. The highest BCUT2D eigenvalue weighted by atomic mass is 127. The van der Waals surface area contributed by atoms with Gasteiger partial charge in [-0.3, -0.25) is 0 Å². The van der Waals surface area contributed by atoms with Crippen molar-refractivity contribution in [1.82, 2.24) is 0 Å². The minimum Gasteiger partial charge on any atom is -0.111 e. The van der Waals surface area contributed by atoms with Gasteiger partial charge in [0.1, 0.15) is 0 Å². The van der Waals surface area contributed by atoms with Crippen molar-refractivity contribution in [2.45, 2.75) is 0 Å². The van der Waals surface area contributed by atoms with Gasteiger partial charge in [0, 0.05) is 0 Å². The molecule has 2 aromatic carbocycles. The van der Waals surface area contributed by atoms with Crippen LogP contribution in [0.5, 0.6) is 0 Å². The van der Waals surface area contributed by atoms with Crippen LogP contribution < -0.4 is 10.4 Å². The molecule has 0 amide bonds. The second-order valence-electron chi connectivity index (χ2n) is 3.18. The van der Waals surface area contributed by atoms with Gasteiger partial charge in [0.25, 0.3) is 0 Å². The summed E-state index contributed by atoms with van der Waals surface area (Å²) in [6.07, 6.45) is -0.949. The topological polar surface area (TPSA) is 0 Å². The highest BCUT2D eigenvalue weighted by Crippen LogP contribution is 1.98. The molecule has 0 spiro atoms. The van der Waals surface area contributed by atoms with Crippen molar-refractivity contribution in [2.24, 2.45) is 0 Å². The van der Waals surface area contributed by atoms with Gasteiger partial charge in [0.2, 0.25) is 0 Å². The van der Waals surface area contributed by atoms with E-state index in [9.17, 15) is 0 Å². The largest absolute Gasteiger partial charge is 1.00 e. The van der Waals surface area contributed by atoms with Gasteiger partial charge in [-0.15, -0.1) is 21.8 Å². The molecular formula is C12H12ISi+. The summed E-state index contributed by atoms with van der Waals surface area (Å²) in [5, 5.41) is 3.00. The summed E-state index contributed by atoms with van der Waals surface area (Å²) >= 11 is 2.61. The van der Waals surface area contributed by atoms with E-state index in [0.717, 1.165) is 0 Å². The first-order valence-corrected chi connectivity index (χ1v) is 9.94. The number of hydrogen-bond acceptors (Lipinski definition) is 0. The lowest BCUT2D eigenvalue weighted by Gasteiger charge is -2.07. The van der Waals surface area contributed by atoms with E-state index in [1.54, 1.807) is 0 Å². The first kappa shape index (κ1) is 9.92. The summed E-state index contributed by atoms with van der Waals surface area (Å²) in [4.78, 5) is 0. The Kier molecular flexibility index (Phi) is 3.37. The van der Waals surface area contributed by atoms with E-state index in [1.165, 1.54) is 10.4 Å². The third kappa shape index (κ3) is 2.25. The zero-order valence-corrected chi connectivity index (χ0v) is 11.0. The number of rotatable bonds is 2. The van der Waals surface area contributed by atoms with Crippen LogP contribution >= 0.6 is 21.8 Å². The van der Waals surface area contributed by atoms with Gasteiger partial charge in [-0.25, -0.2) is 0 Å². The van der Waals surface area contributed by atoms with Crippen LogP contribution in [0.3, 0.4) is 0 Å². The maximum absolute atomic E-state index is 2.61. The Balaban J connectivity index is 0.00000112. The monoisotopic (exact) mass is 311 g/mol. The normalized spacial score (nSPS) is 10.4. The fourth-order valence-electron chi connectivity index (χ4n) is 1.44. The van der Waals surface area contributed by atoms with E-state index in [0.29, 0.717) is 0 Å². The smallest absolute Gasteiger partial charge is 0.111 e. The van der Waals surface area contributed by atoms with Crippen LogP contribution in [0.4, 0.5) is 0 Å². The molecule has 0 nitrogen and oxygen atoms in total. The molecule has 0 aliphatic rings. The quantitative estimate of drug-likeness (QED) is 0.452. The third-order valence-corrected chi connectivity index (χ3v) is 8.44. The molecule has 0 aliphatic heterocycles. The summed E-state index contributed by atoms with van der Waals surface area (Å²) < 4.78 is 0. The lowest BCUT2D eigenvalue weighted by Crippen LogP contribution is -2.36. The third-order valence-electron chi connectivity index (χ3n) is 2.18. The molecular weight excluding hydrogens is 299 g/mol. The van der Waals surface area contributed by atoms with E-state index in [4.69, 9.17) is 0 Å². The molecule has 0 unspecified atom stereocenters. The second-order valence-corrected chi connectivity index (χ2v) is 8.98. The van der Waals surface area contributed by atoms with Gasteiger partial charge in [-0.2, -0.15) is 0 Å². The van der Waals surface area contributed by atoms with Gasteiger partial charge >= 0.3 is 1.43 Å². The molecule has 0 saturated heterocycles. The molecule has 0 N–H and O–H groups in total. The lowest BCUT2D eigenvalue weighted by atomic mass is 10.4. The number of benzene rings is 2. The van der Waals surface area contributed by atoms with Gasteiger partial charge in [0.05, 0.1) is 0 Å². The van der Waals surface area contributed by atoms with Gasteiger partial charge in [-0.05, 0) is 10.4 Å². The van der Waals surface area contributed by atoms with Gasteiger partial charge in [0.15, 0.2) is 6.29 Å². The lowest BCUT2D eigenvalue weighted by molar-refractivity contribution is 1.75. The van der Waals surface area contributed by atoms with Crippen LogP contribution in [0.2, 0.25) is 0 Å². The summed E-state index contributed by atoms with van der Waals surface area (Å²) in [7, 11) is 0. The molecule has 0 aromatic heterocycles. The molecule has 14 heavy (non-hydrogen) atoms. The maximum atomic E-state index is 2.61. The zero-order valence-electron chi connectivity index (χ0n) is 8.73. The fraction of sp³-hybridized carbons (Fsp3) is 0. The van der Waals surface area contributed by atoms with E-state index in [-0.39, 0.29) is 1.43 Å². The molecule has 2 heteroatoms. The molecule has 0 saturated carbocycles. The van der Waals surface area contributed by atoms with E-state index in [2.05, 4.69) is 82.5 Å². The molecule has 2 aromatic rings. The molecule has 0 aliphatic carbocycles. The highest BCUT2D eigenvalue weighted by Gasteiger charge is 2.10. The van der Waals surface area contributed by atoms with Crippen molar-refractivity contribution in [3.8, 4) is 0 Å². The molecule has 0 radical (unpaired) electrons. The van der Waals surface area contributed by atoms with Crippen molar-refractivity contribution in [3.05, 3.63) is 60.7 Å². The molecule has 0 heterocycles. The number of hydrogen-bond donors (Lipinski definition) is 0. The van der Waals surface area contributed by atoms with Crippen LogP contribution in [0.25, 0.3) is 0 Å².